The van der Waals surface area contributed by atoms with Crippen LogP contribution in [0.4, 0.5) is 0 Å². The van der Waals surface area contributed by atoms with Crippen molar-refractivity contribution in [2.75, 3.05) is 13.7 Å². The fourth-order valence-electron chi connectivity index (χ4n) is 4.92. The molecule has 4 aromatic rings. The smallest absolute Gasteiger partial charge is 0.345 e. The number of nitrogens with one attached hydrogen (secondary N) is 1. The molecule has 0 bridgehead atoms. The van der Waals surface area contributed by atoms with Crippen molar-refractivity contribution in [3.8, 4) is 17.2 Å². The van der Waals surface area contributed by atoms with E-state index in [1.54, 1.807) is 7.11 Å². The maximum atomic E-state index is 14.0. The Morgan fingerprint density at radius 2 is 1.67 bits per heavy atom. The van der Waals surface area contributed by atoms with E-state index in [2.05, 4.69) is 24.1 Å². The van der Waals surface area contributed by atoms with Crippen molar-refractivity contribution in [2.24, 2.45) is 17.0 Å². The zero-order valence-corrected chi connectivity index (χ0v) is 22.4. The number of hydrogen-bond acceptors (Lipinski definition) is 6. The number of carbonyl (C=O) groups is 1. The van der Waals surface area contributed by atoms with Gasteiger partial charge in [0.05, 0.1) is 19.4 Å². The number of aromatic amines is 1. The Morgan fingerprint density at radius 3 is 2.33 bits per heavy atom. The van der Waals surface area contributed by atoms with Crippen LogP contribution in [0, 0.1) is 18.8 Å². The molecule has 0 amide bonds. The first-order valence-corrected chi connectivity index (χ1v) is 12.9. The summed E-state index contributed by atoms with van der Waals surface area (Å²) < 4.78 is 13.1. The molecule has 1 N–H and O–H groups in total. The van der Waals surface area contributed by atoms with E-state index in [0.29, 0.717) is 52.2 Å². The zero-order valence-electron chi connectivity index (χ0n) is 22.4. The van der Waals surface area contributed by atoms with Crippen molar-refractivity contribution in [1.82, 2.24) is 9.78 Å². The minimum Gasteiger partial charge on any atom is -0.493 e. The molecule has 1 aliphatic rings. The Hall–Kier alpha value is -4.59. The molecule has 0 fully saturated rings. The second-order valence-electron chi connectivity index (χ2n) is 9.95. The second kappa shape index (κ2) is 11.0. The van der Waals surface area contributed by atoms with E-state index >= 15 is 0 Å². The molecule has 2 atom stereocenters. The molecule has 5 rings (SSSR count). The van der Waals surface area contributed by atoms with Gasteiger partial charge >= 0.3 is 5.97 Å². The third kappa shape index (κ3) is 5.10. The molecule has 0 spiro atoms. The quantitative estimate of drug-likeness (QED) is 0.302. The van der Waals surface area contributed by atoms with Gasteiger partial charge in [0, 0.05) is 22.7 Å². The van der Waals surface area contributed by atoms with E-state index in [-0.39, 0.29) is 5.56 Å². The fraction of sp³-hybridized carbons (Fsp3) is 0.258. The first-order valence-electron chi connectivity index (χ1n) is 12.9. The summed E-state index contributed by atoms with van der Waals surface area (Å²) in [6, 6.07) is 24.2. The van der Waals surface area contributed by atoms with Crippen LogP contribution in [0.2, 0.25) is 0 Å². The van der Waals surface area contributed by atoms with Crippen LogP contribution >= 0.6 is 0 Å². The molecule has 1 aromatic heterocycles. The van der Waals surface area contributed by atoms with Crippen LogP contribution in [-0.4, -0.2) is 35.2 Å². The van der Waals surface area contributed by atoms with E-state index in [4.69, 9.17) is 14.3 Å². The van der Waals surface area contributed by atoms with Gasteiger partial charge in [-0.25, -0.2) is 9.48 Å². The van der Waals surface area contributed by atoms with E-state index < -0.39 is 17.8 Å². The lowest BCUT2D eigenvalue weighted by Gasteiger charge is -2.23. The number of oxime groups is 1. The number of benzene rings is 3. The Kier molecular flexibility index (Phi) is 7.36. The van der Waals surface area contributed by atoms with Crippen LogP contribution in [0.3, 0.4) is 0 Å². The molecule has 1 aliphatic heterocycles. The van der Waals surface area contributed by atoms with Crippen molar-refractivity contribution in [3.63, 3.8) is 0 Å². The molecule has 2 unspecified atom stereocenters. The van der Waals surface area contributed by atoms with Gasteiger partial charge in [-0.2, -0.15) is 0 Å². The summed E-state index contributed by atoms with van der Waals surface area (Å²) in [6.45, 7) is 6.50. The number of ether oxygens (including phenoxy) is 2. The predicted octanol–water partition coefficient (Wildman–Crippen LogP) is 5.23. The lowest BCUT2D eigenvalue weighted by Crippen LogP contribution is -2.31. The van der Waals surface area contributed by atoms with Crippen molar-refractivity contribution < 1.29 is 19.1 Å². The highest BCUT2D eigenvalue weighted by Gasteiger charge is 2.44. The fourth-order valence-corrected chi connectivity index (χ4v) is 4.92. The summed E-state index contributed by atoms with van der Waals surface area (Å²) in [5.74, 6) is -0.652. The van der Waals surface area contributed by atoms with Crippen LogP contribution in [0.25, 0.3) is 5.69 Å². The van der Waals surface area contributed by atoms with Gasteiger partial charge in [-0.1, -0.05) is 73.6 Å². The van der Waals surface area contributed by atoms with Gasteiger partial charge in [-0.05, 0) is 42.7 Å². The van der Waals surface area contributed by atoms with Crippen LogP contribution in [-0.2, 0) is 9.63 Å². The molecule has 8 nitrogen and oxygen atoms in total. The third-order valence-corrected chi connectivity index (χ3v) is 6.75. The SMILES string of the molecule is COc1cc(C(c2c(C)[nH]n(-c3ccccc3)c2=O)C2C(=O)ON=C2c2ccccc2)ccc1OCC(C)C. The second-order valence-corrected chi connectivity index (χ2v) is 9.95. The van der Waals surface area contributed by atoms with Gasteiger partial charge in [0.1, 0.15) is 11.6 Å². The minimum atomic E-state index is -0.856. The number of nitrogens with zero attached hydrogens (tertiary/aromatic N) is 2. The largest absolute Gasteiger partial charge is 0.493 e. The predicted molar refractivity (Wildman–Crippen MR) is 149 cm³/mol. The van der Waals surface area contributed by atoms with Crippen LogP contribution < -0.4 is 15.0 Å². The van der Waals surface area contributed by atoms with Crippen molar-refractivity contribution in [3.05, 3.63) is 112 Å². The summed E-state index contributed by atoms with van der Waals surface area (Å²) in [5, 5.41) is 7.37. The summed E-state index contributed by atoms with van der Waals surface area (Å²) in [4.78, 5) is 32.6. The molecule has 0 saturated heterocycles. The highest BCUT2D eigenvalue weighted by molar-refractivity contribution is 6.15. The molecule has 0 radical (unpaired) electrons. The molecular formula is C31H31N3O5. The van der Waals surface area contributed by atoms with E-state index in [0.717, 1.165) is 5.56 Å². The third-order valence-electron chi connectivity index (χ3n) is 6.75. The van der Waals surface area contributed by atoms with Gasteiger partial charge in [0.2, 0.25) is 0 Å². The van der Waals surface area contributed by atoms with Crippen LogP contribution in [0.15, 0.2) is 88.8 Å². The first-order chi connectivity index (χ1) is 18.9. The maximum absolute atomic E-state index is 14.0. The van der Waals surface area contributed by atoms with Crippen molar-refractivity contribution >= 4 is 11.7 Å². The monoisotopic (exact) mass is 525 g/mol. The molecule has 39 heavy (non-hydrogen) atoms. The number of aryl methyl sites for hydroxylation is 1. The molecular weight excluding hydrogens is 494 g/mol. The van der Waals surface area contributed by atoms with Crippen LogP contribution in [0.5, 0.6) is 11.5 Å². The molecule has 3 aromatic carbocycles. The topological polar surface area (TPSA) is 94.9 Å². The number of rotatable bonds is 9. The highest BCUT2D eigenvalue weighted by atomic mass is 16.7. The van der Waals surface area contributed by atoms with Gasteiger partial charge in [0.15, 0.2) is 11.5 Å². The van der Waals surface area contributed by atoms with Crippen LogP contribution in [0.1, 0.15) is 42.1 Å². The van der Waals surface area contributed by atoms with E-state index in [1.165, 1.54) is 4.68 Å². The number of hydrogen-bond donors (Lipinski definition) is 1. The molecule has 0 aliphatic carbocycles. The summed E-state index contributed by atoms with van der Waals surface area (Å²) >= 11 is 0. The van der Waals surface area contributed by atoms with Crippen molar-refractivity contribution in [2.45, 2.75) is 26.7 Å². The minimum absolute atomic E-state index is 0.255. The molecule has 8 heteroatoms. The molecule has 2 heterocycles. The van der Waals surface area contributed by atoms with Gasteiger partial charge < -0.3 is 14.3 Å². The first kappa shape index (κ1) is 26.0. The van der Waals surface area contributed by atoms with Crippen molar-refractivity contribution in [1.29, 1.82) is 0 Å². The number of aromatic nitrogens is 2. The number of methoxy groups -OCH3 is 1. The summed E-state index contributed by atoms with van der Waals surface area (Å²) in [5.41, 5.74) is 3.45. The summed E-state index contributed by atoms with van der Waals surface area (Å²) in [7, 11) is 1.57. The number of para-hydroxylation sites is 1. The van der Waals surface area contributed by atoms with Gasteiger partial charge in [-0.3, -0.25) is 9.89 Å². The Bertz CT molecular complexity index is 1550. The van der Waals surface area contributed by atoms with E-state index in [1.807, 2.05) is 85.8 Å². The number of carbonyl (C=O) groups excluding carboxylic acids is 1. The van der Waals surface area contributed by atoms with Gasteiger partial charge in [-0.15, -0.1) is 0 Å². The Labute approximate surface area is 226 Å². The average Bonchev–Trinajstić information content (AvgIpc) is 3.48. The standard InChI is InChI=1S/C31H31N3O5/c1-19(2)18-38-24-16-15-22(17-25(24)37-4)27(28-29(33-39-31(28)36)21-11-7-5-8-12-21)26-20(3)32-34(30(26)35)23-13-9-6-10-14-23/h5-17,19,27-28,32H,18H2,1-4H3. The lowest BCUT2D eigenvalue weighted by atomic mass is 9.77. The molecule has 200 valence electrons. The highest BCUT2D eigenvalue weighted by Crippen LogP contribution is 2.41. The Balaban J connectivity index is 1.69. The Morgan fingerprint density at radius 1 is 0.974 bits per heavy atom. The molecule has 0 saturated carbocycles. The van der Waals surface area contributed by atoms with E-state index in [9.17, 15) is 9.59 Å². The summed E-state index contributed by atoms with van der Waals surface area (Å²) in [6.07, 6.45) is 0. The van der Waals surface area contributed by atoms with Gasteiger partial charge in [0.25, 0.3) is 5.56 Å². The maximum Gasteiger partial charge on any atom is 0.345 e. The lowest BCUT2D eigenvalue weighted by molar-refractivity contribution is -0.143. The zero-order chi connectivity index (χ0) is 27.5. The normalized spacial score (nSPS) is 15.7. The average molecular weight is 526 g/mol. The number of H-pyrrole nitrogens is 1.